The Morgan fingerprint density at radius 2 is 2.11 bits per heavy atom. The number of hydrogen-bond donors (Lipinski definition) is 0. The van der Waals surface area contributed by atoms with E-state index in [4.69, 9.17) is 16.3 Å². The van der Waals surface area contributed by atoms with Crippen LogP contribution in [0.5, 0.6) is 5.75 Å². The van der Waals surface area contributed by atoms with Gasteiger partial charge in [-0.05, 0) is 38.0 Å². The molecule has 0 saturated heterocycles. The van der Waals surface area contributed by atoms with Crippen LogP contribution in [0.4, 0.5) is 0 Å². The number of benzene rings is 1. The third kappa shape index (κ3) is 3.10. The van der Waals surface area contributed by atoms with Gasteiger partial charge in [-0.25, -0.2) is 0 Å². The Morgan fingerprint density at radius 1 is 1.32 bits per heavy atom. The summed E-state index contributed by atoms with van der Waals surface area (Å²) in [5, 5.41) is 5.21. The molecular weight excluding hydrogens is 260 g/mol. The maximum Gasteiger partial charge on any atom is 0.131 e. The molecule has 0 aliphatic carbocycles. The average Bonchev–Trinajstić information content (AvgIpc) is 2.72. The third-order valence-electron chi connectivity index (χ3n) is 3.06. The van der Waals surface area contributed by atoms with E-state index < -0.39 is 0 Å². The fourth-order valence-electron chi connectivity index (χ4n) is 2.01. The van der Waals surface area contributed by atoms with Gasteiger partial charge in [0.05, 0.1) is 16.4 Å². The van der Waals surface area contributed by atoms with Crippen LogP contribution in [0.1, 0.15) is 30.8 Å². The van der Waals surface area contributed by atoms with E-state index in [0.717, 1.165) is 35.1 Å². The maximum absolute atomic E-state index is 6.34. The molecule has 102 valence electrons. The smallest absolute Gasteiger partial charge is 0.131 e. The zero-order valence-corrected chi connectivity index (χ0v) is 12.4. The Balaban J connectivity index is 2.17. The van der Waals surface area contributed by atoms with Gasteiger partial charge in [0.1, 0.15) is 12.4 Å². The lowest BCUT2D eigenvalue weighted by molar-refractivity contribution is 0.292. The first kappa shape index (κ1) is 13.9. The minimum Gasteiger partial charge on any atom is -0.487 e. The summed E-state index contributed by atoms with van der Waals surface area (Å²) in [6.07, 6.45) is 0.837. The maximum atomic E-state index is 6.34. The fourth-order valence-corrected chi connectivity index (χ4v) is 2.34. The topological polar surface area (TPSA) is 27.1 Å². The van der Waals surface area contributed by atoms with Crippen molar-refractivity contribution in [2.45, 2.75) is 40.3 Å². The van der Waals surface area contributed by atoms with E-state index in [9.17, 15) is 0 Å². The van der Waals surface area contributed by atoms with Crippen LogP contribution < -0.4 is 4.74 Å². The van der Waals surface area contributed by atoms with Crippen LogP contribution in [-0.2, 0) is 19.6 Å². The SMILES string of the molecule is CCc1nn(CC)c(COc2cccc(C)c2)c1Cl. The number of halogens is 1. The molecule has 0 amide bonds. The van der Waals surface area contributed by atoms with E-state index in [-0.39, 0.29) is 0 Å². The lowest BCUT2D eigenvalue weighted by Crippen LogP contribution is -2.06. The molecule has 0 fully saturated rings. The van der Waals surface area contributed by atoms with Crippen molar-refractivity contribution in [2.24, 2.45) is 0 Å². The Morgan fingerprint density at radius 3 is 2.74 bits per heavy atom. The van der Waals surface area contributed by atoms with Gasteiger partial charge in [-0.15, -0.1) is 0 Å². The standard InChI is InChI=1S/C15H19ClN2O/c1-4-13-15(16)14(18(5-2)17-13)10-19-12-8-6-7-11(3)9-12/h6-9H,4-5,10H2,1-3H3. The first-order valence-corrected chi connectivity index (χ1v) is 6.97. The highest BCUT2D eigenvalue weighted by molar-refractivity contribution is 6.31. The second kappa shape index (κ2) is 6.11. The fraction of sp³-hybridized carbons (Fsp3) is 0.400. The quantitative estimate of drug-likeness (QED) is 0.826. The lowest BCUT2D eigenvalue weighted by Gasteiger charge is -2.08. The molecule has 2 aromatic rings. The predicted octanol–water partition coefficient (Wildman–Crippen LogP) is 4.01. The summed E-state index contributed by atoms with van der Waals surface area (Å²) >= 11 is 6.34. The number of nitrogens with zero attached hydrogens (tertiary/aromatic N) is 2. The highest BCUT2D eigenvalue weighted by Gasteiger charge is 2.14. The Hall–Kier alpha value is -1.48. The molecule has 1 heterocycles. The Labute approximate surface area is 119 Å². The van der Waals surface area contributed by atoms with Gasteiger partial charge in [0.25, 0.3) is 0 Å². The molecule has 0 bridgehead atoms. The van der Waals surface area contributed by atoms with Gasteiger partial charge in [-0.3, -0.25) is 4.68 Å². The summed E-state index contributed by atoms with van der Waals surface area (Å²) in [6, 6.07) is 8.00. The minimum absolute atomic E-state index is 0.448. The zero-order chi connectivity index (χ0) is 13.8. The molecule has 19 heavy (non-hydrogen) atoms. The Kier molecular flexibility index (Phi) is 4.48. The van der Waals surface area contributed by atoms with Crippen LogP contribution in [0.3, 0.4) is 0 Å². The van der Waals surface area contributed by atoms with E-state index in [0.29, 0.717) is 6.61 Å². The number of rotatable bonds is 5. The first-order chi connectivity index (χ1) is 9.15. The van der Waals surface area contributed by atoms with Crippen LogP contribution in [0.2, 0.25) is 5.02 Å². The van der Waals surface area contributed by atoms with E-state index in [2.05, 4.69) is 18.9 Å². The molecule has 0 unspecified atom stereocenters. The van der Waals surface area contributed by atoms with Crippen LogP contribution >= 0.6 is 11.6 Å². The van der Waals surface area contributed by atoms with Crippen LogP contribution in [0.25, 0.3) is 0 Å². The molecule has 4 heteroatoms. The predicted molar refractivity (Wildman–Crippen MR) is 77.8 cm³/mol. The van der Waals surface area contributed by atoms with Crippen molar-refractivity contribution < 1.29 is 4.74 Å². The largest absolute Gasteiger partial charge is 0.487 e. The molecule has 0 radical (unpaired) electrons. The van der Waals surface area contributed by atoms with Gasteiger partial charge in [-0.2, -0.15) is 5.10 Å². The van der Waals surface area contributed by atoms with Crippen molar-refractivity contribution >= 4 is 11.6 Å². The van der Waals surface area contributed by atoms with Crippen molar-refractivity contribution in [3.63, 3.8) is 0 Å². The number of ether oxygens (including phenoxy) is 1. The molecule has 3 nitrogen and oxygen atoms in total. The van der Waals surface area contributed by atoms with Gasteiger partial charge in [0, 0.05) is 6.54 Å². The van der Waals surface area contributed by atoms with Gasteiger partial charge in [0.2, 0.25) is 0 Å². The molecule has 1 aromatic heterocycles. The van der Waals surface area contributed by atoms with Crippen LogP contribution in [-0.4, -0.2) is 9.78 Å². The summed E-state index contributed by atoms with van der Waals surface area (Å²) in [7, 11) is 0. The van der Waals surface area contributed by atoms with Crippen molar-refractivity contribution in [2.75, 3.05) is 0 Å². The summed E-state index contributed by atoms with van der Waals surface area (Å²) in [4.78, 5) is 0. The van der Waals surface area contributed by atoms with E-state index in [1.165, 1.54) is 5.56 Å². The number of aromatic nitrogens is 2. The Bertz CT molecular complexity index is 563. The van der Waals surface area contributed by atoms with E-state index in [1.807, 2.05) is 35.9 Å². The normalized spacial score (nSPS) is 10.7. The van der Waals surface area contributed by atoms with Gasteiger partial charge >= 0.3 is 0 Å². The molecule has 0 N–H and O–H groups in total. The lowest BCUT2D eigenvalue weighted by atomic mass is 10.2. The van der Waals surface area contributed by atoms with Gasteiger partial charge in [0.15, 0.2) is 0 Å². The van der Waals surface area contributed by atoms with Crippen LogP contribution in [0.15, 0.2) is 24.3 Å². The highest BCUT2D eigenvalue weighted by atomic mass is 35.5. The summed E-state index contributed by atoms with van der Waals surface area (Å²) in [6.45, 7) is 7.40. The van der Waals surface area contributed by atoms with Crippen molar-refractivity contribution in [3.8, 4) is 5.75 Å². The molecule has 2 rings (SSSR count). The van der Waals surface area contributed by atoms with Gasteiger partial charge in [-0.1, -0.05) is 30.7 Å². The monoisotopic (exact) mass is 278 g/mol. The van der Waals surface area contributed by atoms with E-state index in [1.54, 1.807) is 0 Å². The molecule has 1 aromatic carbocycles. The summed E-state index contributed by atoms with van der Waals surface area (Å²) in [5.74, 6) is 0.859. The van der Waals surface area contributed by atoms with Gasteiger partial charge < -0.3 is 4.74 Å². The van der Waals surface area contributed by atoms with Crippen LogP contribution in [0, 0.1) is 6.92 Å². The molecular formula is C15H19ClN2O. The molecule has 0 aliphatic rings. The molecule has 0 spiro atoms. The molecule has 0 saturated carbocycles. The second-order valence-electron chi connectivity index (χ2n) is 4.48. The van der Waals surface area contributed by atoms with Crippen molar-refractivity contribution in [1.29, 1.82) is 0 Å². The minimum atomic E-state index is 0.448. The molecule has 0 atom stereocenters. The van der Waals surface area contributed by atoms with E-state index >= 15 is 0 Å². The third-order valence-corrected chi connectivity index (χ3v) is 3.50. The zero-order valence-electron chi connectivity index (χ0n) is 11.6. The van der Waals surface area contributed by atoms with Crippen molar-refractivity contribution in [1.82, 2.24) is 9.78 Å². The summed E-state index contributed by atoms with van der Waals surface area (Å²) in [5.41, 5.74) is 3.07. The number of hydrogen-bond acceptors (Lipinski definition) is 2. The highest BCUT2D eigenvalue weighted by Crippen LogP contribution is 2.23. The summed E-state index contributed by atoms with van der Waals surface area (Å²) < 4.78 is 7.72. The molecule has 0 aliphatic heterocycles. The number of aryl methyl sites for hydroxylation is 3. The first-order valence-electron chi connectivity index (χ1n) is 6.59. The second-order valence-corrected chi connectivity index (χ2v) is 4.86. The van der Waals surface area contributed by atoms with Crippen molar-refractivity contribution in [3.05, 3.63) is 46.2 Å². The average molecular weight is 279 g/mol.